The molecule has 2 unspecified atom stereocenters. The molecule has 40 heavy (non-hydrogen) atoms. The Bertz CT molecular complexity index is 1040. The first-order valence-electron chi connectivity index (χ1n) is 15.4. The van der Waals surface area contributed by atoms with Crippen LogP contribution < -0.4 is 15.5 Å². The molecule has 222 valence electrons. The van der Waals surface area contributed by atoms with Gasteiger partial charge < -0.3 is 30.3 Å². The molecule has 0 aromatic heterocycles. The van der Waals surface area contributed by atoms with Gasteiger partial charge in [0.2, 0.25) is 17.7 Å². The first kappa shape index (κ1) is 30.3. The molecule has 1 spiro atoms. The molecule has 3 heterocycles. The van der Waals surface area contributed by atoms with Crippen LogP contribution in [0.1, 0.15) is 79.1 Å². The molecule has 3 amide bonds. The number of likely N-dealkylation sites (tertiary alicyclic amines) is 1. The Labute approximate surface area is 239 Å². The maximum atomic E-state index is 14.1. The minimum atomic E-state index is -1.02. The number of fused-ring (bicyclic) bond motifs is 1. The van der Waals surface area contributed by atoms with Gasteiger partial charge in [-0.15, -0.1) is 0 Å². The third kappa shape index (κ3) is 5.34. The van der Waals surface area contributed by atoms with E-state index in [4.69, 9.17) is 9.84 Å². The fraction of sp³-hybridized carbons (Fsp3) is 0.710. The smallest absolute Gasteiger partial charge is 0.250 e. The van der Waals surface area contributed by atoms with E-state index in [0.717, 1.165) is 50.9 Å². The maximum absolute atomic E-state index is 14.1. The third-order valence-corrected chi connectivity index (χ3v) is 9.33. The van der Waals surface area contributed by atoms with Crippen LogP contribution in [0.2, 0.25) is 0 Å². The number of benzene rings is 1. The van der Waals surface area contributed by atoms with Gasteiger partial charge in [0.05, 0.1) is 17.4 Å². The first-order valence-corrected chi connectivity index (χ1v) is 15.4. The number of aliphatic hydroxyl groups is 1. The molecule has 3 aliphatic rings. The Kier molecular flexibility index (Phi) is 9.77. The molecule has 9 heteroatoms. The lowest BCUT2D eigenvalue weighted by molar-refractivity contribution is -0.146. The molecule has 1 aromatic rings. The van der Waals surface area contributed by atoms with Crippen molar-refractivity contribution in [3.05, 3.63) is 24.3 Å². The van der Waals surface area contributed by atoms with Crippen LogP contribution in [0.3, 0.4) is 0 Å². The van der Waals surface area contributed by atoms with E-state index in [1.807, 2.05) is 38.1 Å². The van der Waals surface area contributed by atoms with Crippen molar-refractivity contribution in [2.75, 3.05) is 43.0 Å². The van der Waals surface area contributed by atoms with Crippen LogP contribution in [0.25, 0.3) is 0 Å². The number of anilines is 2. The number of nitrogens with zero attached hydrogens (tertiary/aromatic N) is 2. The molecule has 9 nitrogen and oxygen atoms in total. The fourth-order valence-corrected chi connectivity index (χ4v) is 7.32. The van der Waals surface area contributed by atoms with E-state index in [9.17, 15) is 14.4 Å². The molecular formula is C31H48N4O5. The molecule has 1 aromatic carbocycles. The highest BCUT2D eigenvalue weighted by Gasteiger charge is 2.78. The van der Waals surface area contributed by atoms with Crippen molar-refractivity contribution in [2.24, 2.45) is 11.8 Å². The van der Waals surface area contributed by atoms with Gasteiger partial charge in [-0.05, 0) is 76.6 Å². The van der Waals surface area contributed by atoms with Crippen LogP contribution in [-0.2, 0) is 19.1 Å². The number of carbonyl (C=O) groups is 3. The van der Waals surface area contributed by atoms with Crippen molar-refractivity contribution in [1.29, 1.82) is 0 Å². The Morgan fingerprint density at radius 3 is 2.35 bits per heavy atom. The van der Waals surface area contributed by atoms with Crippen molar-refractivity contribution in [2.45, 2.75) is 96.3 Å². The molecule has 0 radical (unpaired) electrons. The number of nitrogens with one attached hydrogen (secondary N) is 2. The minimum absolute atomic E-state index is 0.139. The molecule has 5 atom stereocenters. The third-order valence-electron chi connectivity index (χ3n) is 9.33. The van der Waals surface area contributed by atoms with Gasteiger partial charge >= 0.3 is 0 Å². The summed E-state index contributed by atoms with van der Waals surface area (Å²) in [7, 11) is 0. The average Bonchev–Trinajstić information content (AvgIpc) is 3.56. The van der Waals surface area contributed by atoms with Gasteiger partial charge in [0, 0.05) is 44.2 Å². The number of unbranched alkanes of at least 4 members (excludes halogenated alkanes) is 3. The summed E-state index contributed by atoms with van der Waals surface area (Å²) >= 11 is 0. The Morgan fingerprint density at radius 1 is 1.02 bits per heavy atom. The van der Waals surface area contributed by atoms with E-state index in [1.165, 1.54) is 0 Å². The van der Waals surface area contributed by atoms with E-state index in [1.54, 1.807) is 4.90 Å². The van der Waals surface area contributed by atoms with Gasteiger partial charge in [-0.1, -0.05) is 26.7 Å². The van der Waals surface area contributed by atoms with Gasteiger partial charge in [0.1, 0.15) is 11.6 Å². The summed E-state index contributed by atoms with van der Waals surface area (Å²) in [5.41, 5.74) is 0.0179. The van der Waals surface area contributed by atoms with E-state index in [2.05, 4.69) is 29.4 Å². The summed E-state index contributed by atoms with van der Waals surface area (Å²) in [6.07, 6.45) is 5.81. The predicted octanol–water partition coefficient (Wildman–Crippen LogP) is 3.71. The van der Waals surface area contributed by atoms with E-state index in [-0.39, 0.29) is 24.3 Å². The number of aliphatic hydroxyl groups excluding tert-OH is 1. The number of ether oxygens (including phenoxy) is 1. The summed E-state index contributed by atoms with van der Waals surface area (Å²) in [5, 5.41) is 15.2. The number of rotatable bonds is 15. The van der Waals surface area contributed by atoms with E-state index < -0.39 is 29.1 Å². The zero-order valence-electron chi connectivity index (χ0n) is 24.7. The highest BCUT2D eigenvalue weighted by molar-refractivity contribution is 6.03. The zero-order valence-corrected chi connectivity index (χ0v) is 24.7. The molecule has 0 aliphatic carbocycles. The molecule has 3 fully saturated rings. The summed E-state index contributed by atoms with van der Waals surface area (Å²) < 4.78 is 6.81. The van der Waals surface area contributed by atoms with Gasteiger partial charge in [-0.2, -0.15) is 0 Å². The molecule has 3 aliphatic heterocycles. The zero-order chi connectivity index (χ0) is 28.9. The summed E-state index contributed by atoms with van der Waals surface area (Å²) in [6.45, 7) is 11.1. The number of hydrogen-bond acceptors (Lipinski definition) is 6. The van der Waals surface area contributed by atoms with Crippen LogP contribution in [0.5, 0.6) is 0 Å². The Balaban J connectivity index is 1.63. The number of hydrogen-bond donors (Lipinski definition) is 3. The van der Waals surface area contributed by atoms with Gasteiger partial charge in [-0.3, -0.25) is 14.4 Å². The Morgan fingerprint density at radius 2 is 1.73 bits per heavy atom. The topological polar surface area (TPSA) is 111 Å². The van der Waals surface area contributed by atoms with E-state index >= 15 is 0 Å². The molecule has 3 N–H and O–H groups in total. The van der Waals surface area contributed by atoms with Crippen LogP contribution in [0.15, 0.2) is 24.3 Å². The molecular weight excluding hydrogens is 508 g/mol. The molecule has 3 saturated heterocycles. The SMILES string of the molecule is CCCNC(=O)[C@H]1[C@H]2C(=O)N(CCCCCCO)C(C(=O)Nc3ccc(N(CC)CC)cc3)C23CC[C@]1(CC)O3. The molecule has 2 bridgehead atoms. The van der Waals surface area contributed by atoms with Crippen molar-refractivity contribution in [3.8, 4) is 0 Å². The van der Waals surface area contributed by atoms with E-state index in [0.29, 0.717) is 38.0 Å². The van der Waals surface area contributed by atoms with Crippen molar-refractivity contribution >= 4 is 29.1 Å². The monoisotopic (exact) mass is 556 g/mol. The van der Waals surface area contributed by atoms with Crippen LogP contribution in [0, 0.1) is 11.8 Å². The quantitative estimate of drug-likeness (QED) is 0.284. The predicted molar refractivity (Wildman–Crippen MR) is 156 cm³/mol. The Hall–Kier alpha value is -2.65. The number of amides is 3. The fourth-order valence-electron chi connectivity index (χ4n) is 7.32. The lowest BCUT2D eigenvalue weighted by Gasteiger charge is -2.34. The van der Waals surface area contributed by atoms with Crippen molar-refractivity contribution in [3.63, 3.8) is 0 Å². The minimum Gasteiger partial charge on any atom is -0.396 e. The average molecular weight is 557 g/mol. The summed E-state index contributed by atoms with van der Waals surface area (Å²) in [5.74, 6) is -1.82. The normalized spacial score (nSPS) is 28.6. The van der Waals surface area contributed by atoms with Gasteiger partial charge in [-0.25, -0.2) is 0 Å². The standard InChI is InChI=1S/C31H48N4O5/c1-5-19-32-27(37)24-25-29(39)35(20-11-9-10-12-21-36)26(31(25)18-17-30(24,6-2)40-31)28(38)33-22-13-15-23(16-14-22)34(7-3)8-4/h13-16,24-26,36H,5-12,17-21H2,1-4H3,(H,32,37)(H,33,38)/t24-,25+,26?,30+,31?/m1/s1. The second-order valence-electron chi connectivity index (χ2n) is 11.5. The summed E-state index contributed by atoms with van der Waals surface area (Å²) in [4.78, 5) is 45.6. The highest BCUT2D eigenvalue weighted by atomic mass is 16.5. The lowest BCUT2D eigenvalue weighted by atomic mass is 9.65. The second kappa shape index (κ2) is 12.9. The van der Waals surface area contributed by atoms with Crippen LogP contribution >= 0.6 is 0 Å². The second-order valence-corrected chi connectivity index (χ2v) is 11.5. The van der Waals surface area contributed by atoms with Gasteiger partial charge in [0.15, 0.2) is 0 Å². The lowest BCUT2D eigenvalue weighted by Crippen LogP contribution is -2.53. The van der Waals surface area contributed by atoms with Crippen LogP contribution in [-0.4, -0.2) is 77.8 Å². The molecule has 4 rings (SSSR count). The van der Waals surface area contributed by atoms with Crippen molar-refractivity contribution in [1.82, 2.24) is 10.2 Å². The van der Waals surface area contributed by atoms with Crippen LogP contribution in [0.4, 0.5) is 11.4 Å². The first-order chi connectivity index (χ1) is 19.3. The van der Waals surface area contributed by atoms with Gasteiger partial charge in [0.25, 0.3) is 0 Å². The molecule has 0 saturated carbocycles. The van der Waals surface area contributed by atoms with Crippen molar-refractivity contribution < 1.29 is 24.2 Å². The maximum Gasteiger partial charge on any atom is 0.250 e. The highest BCUT2D eigenvalue weighted by Crippen LogP contribution is 2.64. The largest absolute Gasteiger partial charge is 0.396 e. The summed E-state index contributed by atoms with van der Waals surface area (Å²) in [6, 6.07) is 7.00. The number of carbonyl (C=O) groups excluding carboxylic acids is 3.